The van der Waals surface area contributed by atoms with Crippen molar-refractivity contribution in [3.8, 4) is 0 Å². The summed E-state index contributed by atoms with van der Waals surface area (Å²) in [7, 11) is -1.63. The topological polar surface area (TPSA) is 181 Å². The minimum absolute atomic E-state index is 0.0413. The smallest absolute Gasteiger partial charge is 0.423 e. The molecule has 4 rings (SSSR count). The summed E-state index contributed by atoms with van der Waals surface area (Å²) in [5.74, 6) is -2.13. The van der Waals surface area contributed by atoms with E-state index in [0.717, 1.165) is 6.07 Å². The SMILES string of the molecule is CC1Cc2c(C(N)=O)cc(F)cc2N1c1nnc(C(N)=O)c(NCc2cccc(B(O)O)c2)n1. The number of nitrogens with zero attached hydrogens (tertiary/aromatic N) is 4. The normalized spacial score (nSPS) is 14.6. The molecule has 11 nitrogen and oxygen atoms in total. The molecule has 0 bridgehead atoms. The third-order valence-corrected chi connectivity index (χ3v) is 5.49. The molecule has 0 fully saturated rings. The molecule has 0 radical (unpaired) electrons. The average molecular weight is 465 g/mol. The maximum atomic E-state index is 14.2. The summed E-state index contributed by atoms with van der Waals surface area (Å²) in [5, 5.41) is 29.6. The highest BCUT2D eigenvalue weighted by molar-refractivity contribution is 6.58. The zero-order valence-corrected chi connectivity index (χ0v) is 18.1. The quantitative estimate of drug-likeness (QED) is 0.290. The van der Waals surface area contributed by atoms with Gasteiger partial charge in [-0.25, -0.2) is 4.39 Å². The number of aromatic nitrogens is 3. The minimum atomic E-state index is -1.63. The molecule has 0 spiro atoms. The highest BCUT2D eigenvalue weighted by Crippen LogP contribution is 2.39. The largest absolute Gasteiger partial charge is 0.488 e. The Morgan fingerprint density at radius 1 is 1.21 bits per heavy atom. The maximum Gasteiger partial charge on any atom is 0.488 e. The van der Waals surface area contributed by atoms with Crippen LogP contribution in [0.2, 0.25) is 0 Å². The van der Waals surface area contributed by atoms with E-state index in [2.05, 4.69) is 20.5 Å². The van der Waals surface area contributed by atoms with E-state index >= 15 is 0 Å². The van der Waals surface area contributed by atoms with Crippen molar-refractivity contribution in [1.82, 2.24) is 15.2 Å². The number of nitrogens with two attached hydrogens (primary N) is 2. The number of benzene rings is 2. The second kappa shape index (κ2) is 9.04. The predicted molar refractivity (Wildman–Crippen MR) is 122 cm³/mol. The van der Waals surface area contributed by atoms with Gasteiger partial charge < -0.3 is 31.7 Å². The first-order chi connectivity index (χ1) is 16.2. The highest BCUT2D eigenvalue weighted by Gasteiger charge is 2.33. The fourth-order valence-electron chi connectivity index (χ4n) is 3.96. The first-order valence-electron chi connectivity index (χ1n) is 10.3. The van der Waals surface area contributed by atoms with Gasteiger partial charge in [0.25, 0.3) is 11.9 Å². The van der Waals surface area contributed by atoms with Crippen molar-refractivity contribution in [3.63, 3.8) is 0 Å². The average Bonchev–Trinajstić information content (AvgIpc) is 3.12. The molecular formula is C21H21BFN7O4. The van der Waals surface area contributed by atoms with Crippen LogP contribution in [-0.4, -0.2) is 50.2 Å². The van der Waals surface area contributed by atoms with Gasteiger partial charge in [-0.3, -0.25) is 9.59 Å². The molecule has 13 heteroatoms. The summed E-state index contributed by atoms with van der Waals surface area (Å²) in [5.41, 5.74) is 12.6. The first-order valence-corrected chi connectivity index (χ1v) is 10.3. The minimum Gasteiger partial charge on any atom is -0.423 e. The summed E-state index contributed by atoms with van der Waals surface area (Å²) in [6.07, 6.45) is 0.397. The molecule has 2 heterocycles. The Bertz CT molecular complexity index is 1290. The Hall–Kier alpha value is -4.10. The number of carbonyl (C=O) groups is 2. The third kappa shape index (κ3) is 4.38. The number of primary amides is 2. The summed E-state index contributed by atoms with van der Waals surface area (Å²) in [6, 6.07) is 8.62. The lowest BCUT2D eigenvalue weighted by molar-refractivity contribution is 0.0988. The number of hydrogen-bond acceptors (Lipinski definition) is 9. The standard InChI is InChI=1S/C21H21BFN7O4/c1-10-5-14-15(18(24)31)7-13(23)8-16(14)30(10)21-27-20(17(19(25)32)28-29-21)26-9-11-3-2-4-12(6-11)22(33)34/h2-4,6-8,10,33-34H,5,9H2,1H3,(H2,24,31)(H2,25,32)(H,26,27,29). The summed E-state index contributed by atoms with van der Waals surface area (Å²) in [4.78, 5) is 29.7. The predicted octanol–water partition coefficient (Wildman–Crippen LogP) is -0.417. The fraction of sp³-hybridized carbons (Fsp3) is 0.190. The lowest BCUT2D eigenvalue weighted by atomic mass is 9.80. The van der Waals surface area contributed by atoms with Gasteiger partial charge in [0.2, 0.25) is 5.91 Å². The Morgan fingerprint density at radius 3 is 2.65 bits per heavy atom. The van der Waals surface area contributed by atoms with Crippen LogP contribution in [0.1, 0.15) is 38.9 Å². The number of carbonyl (C=O) groups excluding carboxylic acids is 2. The molecule has 1 aliphatic rings. The number of anilines is 3. The van der Waals surface area contributed by atoms with E-state index in [-0.39, 0.29) is 35.6 Å². The van der Waals surface area contributed by atoms with Gasteiger partial charge >= 0.3 is 7.12 Å². The van der Waals surface area contributed by atoms with Crippen LogP contribution < -0.4 is 27.1 Å². The van der Waals surface area contributed by atoms with Crippen molar-refractivity contribution in [2.24, 2.45) is 11.5 Å². The summed E-state index contributed by atoms with van der Waals surface area (Å²) in [6.45, 7) is 2.00. The van der Waals surface area contributed by atoms with Crippen molar-refractivity contribution in [1.29, 1.82) is 0 Å². The second-order valence-corrected chi connectivity index (χ2v) is 7.88. The van der Waals surface area contributed by atoms with Crippen LogP contribution in [0.25, 0.3) is 0 Å². The number of nitrogens with one attached hydrogen (secondary N) is 1. The summed E-state index contributed by atoms with van der Waals surface area (Å²) >= 11 is 0. The van der Waals surface area contributed by atoms with Crippen molar-refractivity contribution in [2.45, 2.75) is 25.9 Å². The Kier molecular flexibility index (Phi) is 6.13. The molecule has 2 amide bonds. The molecule has 34 heavy (non-hydrogen) atoms. The highest BCUT2D eigenvalue weighted by atomic mass is 19.1. The second-order valence-electron chi connectivity index (χ2n) is 7.88. The molecule has 174 valence electrons. The third-order valence-electron chi connectivity index (χ3n) is 5.49. The summed E-state index contributed by atoms with van der Waals surface area (Å²) < 4.78 is 14.2. The van der Waals surface area contributed by atoms with Gasteiger partial charge in [0.1, 0.15) is 5.82 Å². The molecule has 7 N–H and O–H groups in total. The molecule has 0 saturated carbocycles. The lowest BCUT2D eigenvalue weighted by Gasteiger charge is -2.23. The van der Waals surface area contributed by atoms with E-state index < -0.39 is 24.7 Å². The Labute approximate surface area is 193 Å². The number of halogens is 1. The molecule has 1 unspecified atom stereocenters. The van der Waals surface area contributed by atoms with E-state index in [0.29, 0.717) is 28.7 Å². The van der Waals surface area contributed by atoms with Crippen LogP contribution in [0.3, 0.4) is 0 Å². The van der Waals surface area contributed by atoms with Gasteiger partial charge in [0.15, 0.2) is 11.5 Å². The van der Waals surface area contributed by atoms with E-state index in [9.17, 15) is 24.0 Å². The van der Waals surface area contributed by atoms with Gasteiger partial charge in [-0.05, 0) is 42.1 Å². The number of hydrogen-bond donors (Lipinski definition) is 5. The molecule has 2 aromatic carbocycles. The van der Waals surface area contributed by atoms with Crippen molar-refractivity contribution < 1.29 is 24.0 Å². The van der Waals surface area contributed by atoms with Gasteiger partial charge in [-0.15, -0.1) is 10.2 Å². The van der Waals surface area contributed by atoms with Gasteiger partial charge in [-0.2, -0.15) is 4.98 Å². The van der Waals surface area contributed by atoms with Crippen LogP contribution in [0.4, 0.5) is 21.8 Å². The molecule has 1 aliphatic heterocycles. The van der Waals surface area contributed by atoms with Gasteiger partial charge in [0, 0.05) is 18.2 Å². The van der Waals surface area contributed by atoms with Crippen molar-refractivity contribution in [2.75, 3.05) is 10.2 Å². The van der Waals surface area contributed by atoms with Crippen LogP contribution in [-0.2, 0) is 13.0 Å². The molecule has 1 atom stereocenters. The van der Waals surface area contributed by atoms with Crippen molar-refractivity contribution in [3.05, 3.63) is 64.6 Å². The number of amides is 2. The maximum absolute atomic E-state index is 14.2. The van der Waals surface area contributed by atoms with Crippen molar-refractivity contribution >= 4 is 41.8 Å². The number of rotatable bonds is 7. The molecular weight excluding hydrogens is 444 g/mol. The molecule has 1 aromatic heterocycles. The van der Waals surface area contributed by atoms with E-state index in [4.69, 9.17) is 11.5 Å². The molecule has 0 aliphatic carbocycles. The monoisotopic (exact) mass is 465 g/mol. The van der Waals surface area contributed by atoms with E-state index in [1.807, 2.05) is 6.92 Å². The molecule has 0 saturated heterocycles. The number of fused-ring (bicyclic) bond motifs is 1. The van der Waals surface area contributed by atoms with Crippen LogP contribution in [0.5, 0.6) is 0 Å². The Balaban J connectivity index is 1.70. The van der Waals surface area contributed by atoms with Crippen LogP contribution in [0.15, 0.2) is 36.4 Å². The van der Waals surface area contributed by atoms with Crippen LogP contribution >= 0.6 is 0 Å². The van der Waals surface area contributed by atoms with Gasteiger partial charge in [0.05, 0.1) is 5.69 Å². The first kappa shape index (κ1) is 23.1. The molecule has 3 aromatic rings. The van der Waals surface area contributed by atoms with E-state index in [1.165, 1.54) is 6.07 Å². The van der Waals surface area contributed by atoms with E-state index in [1.54, 1.807) is 29.2 Å². The zero-order valence-electron chi connectivity index (χ0n) is 18.1. The zero-order chi connectivity index (χ0) is 24.6. The fourth-order valence-corrected chi connectivity index (χ4v) is 3.96. The van der Waals surface area contributed by atoms with Crippen LogP contribution in [0, 0.1) is 5.82 Å². The lowest BCUT2D eigenvalue weighted by Crippen LogP contribution is -2.30. The Morgan fingerprint density at radius 2 is 1.97 bits per heavy atom. The van der Waals surface area contributed by atoms with Gasteiger partial charge in [-0.1, -0.05) is 24.3 Å².